The Morgan fingerprint density at radius 1 is 0.889 bits per heavy atom. The third kappa shape index (κ3) is 5.82. The molecule has 9 nitrogen and oxygen atoms in total. The summed E-state index contributed by atoms with van der Waals surface area (Å²) in [6.07, 6.45) is 0. The van der Waals surface area contributed by atoms with E-state index in [0.717, 1.165) is 4.31 Å². The molecule has 0 saturated heterocycles. The maximum Gasteiger partial charge on any atom is 0.265 e. The summed E-state index contributed by atoms with van der Waals surface area (Å²) in [7, 11) is 1.20. The van der Waals surface area contributed by atoms with Crippen LogP contribution in [0.2, 0.25) is 0 Å². The van der Waals surface area contributed by atoms with Crippen molar-refractivity contribution < 1.29 is 36.6 Å². The summed E-state index contributed by atoms with van der Waals surface area (Å²) in [5.41, 5.74) is -0.0673. The molecular formula is C24H24BrFN2O7S. The molecule has 3 aromatic carbocycles. The molecule has 192 valence electrons. The van der Waals surface area contributed by atoms with Crippen molar-refractivity contribution >= 4 is 43.2 Å². The molecule has 0 heterocycles. The molecule has 1 N–H and O–H groups in total. The average Bonchev–Trinajstić information content (AvgIpc) is 2.87. The van der Waals surface area contributed by atoms with Crippen molar-refractivity contribution in [1.82, 2.24) is 0 Å². The van der Waals surface area contributed by atoms with Crippen LogP contribution in [0.3, 0.4) is 0 Å². The van der Waals surface area contributed by atoms with E-state index >= 15 is 0 Å². The van der Waals surface area contributed by atoms with Gasteiger partial charge in [0.05, 0.1) is 44.7 Å². The Bertz CT molecular complexity index is 1370. The molecule has 0 aliphatic rings. The van der Waals surface area contributed by atoms with E-state index in [1.54, 1.807) is 12.1 Å². The first-order valence-corrected chi connectivity index (χ1v) is 12.6. The number of ether oxygens (including phenoxy) is 4. The zero-order chi connectivity index (χ0) is 26.5. The number of anilines is 2. The van der Waals surface area contributed by atoms with Crippen molar-refractivity contribution in [3.05, 3.63) is 64.9 Å². The van der Waals surface area contributed by atoms with Crippen LogP contribution in [0, 0.1) is 5.82 Å². The molecule has 3 rings (SSSR count). The molecular weight excluding hydrogens is 559 g/mol. The lowest BCUT2D eigenvalue weighted by molar-refractivity contribution is -0.114. The van der Waals surface area contributed by atoms with Crippen molar-refractivity contribution in [1.29, 1.82) is 0 Å². The third-order valence-electron chi connectivity index (χ3n) is 5.09. The highest BCUT2D eigenvalue weighted by atomic mass is 79.9. The number of sulfonamides is 1. The van der Waals surface area contributed by atoms with Gasteiger partial charge in [0, 0.05) is 16.6 Å². The predicted octanol–water partition coefficient (Wildman–Crippen LogP) is 4.46. The lowest BCUT2D eigenvalue weighted by Gasteiger charge is -2.26. The monoisotopic (exact) mass is 582 g/mol. The van der Waals surface area contributed by atoms with Gasteiger partial charge in [-0.25, -0.2) is 12.8 Å². The van der Waals surface area contributed by atoms with E-state index in [1.807, 2.05) is 0 Å². The summed E-state index contributed by atoms with van der Waals surface area (Å²) < 4.78 is 64.4. The van der Waals surface area contributed by atoms with E-state index in [1.165, 1.54) is 70.9 Å². The molecule has 0 aliphatic carbocycles. The Kier molecular flexibility index (Phi) is 8.64. The number of halogens is 2. The van der Waals surface area contributed by atoms with Crippen LogP contribution in [0.5, 0.6) is 23.0 Å². The summed E-state index contributed by atoms with van der Waals surface area (Å²) in [5, 5.41) is 2.41. The number of methoxy groups -OCH3 is 4. The van der Waals surface area contributed by atoms with Crippen LogP contribution in [0.1, 0.15) is 0 Å². The molecule has 12 heteroatoms. The first kappa shape index (κ1) is 27.1. The molecule has 0 radical (unpaired) electrons. The Hall–Kier alpha value is -3.51. The van der Waals surface area contributed by atoms with Crippen LogP contribution in [0.25, 0.3) is 0 Å². The number of amides is 1. The molecule has 1 amide bonds. The second kappa shape index (κ2) is 11.5. The SMILES string of the molecule is COc1ccc(OC)c(N(CC(=O)Nc2ccc(Br)cc2F)S(=O)(=O)c2ccc(OC)c(OC)c2)c1. The van der Waals surface area contributed by atoms with Crippen molar-refractivity contribution in [3.63, 3.8) is 0 Å². The standard InChI is InChI=1S/C24H24BrFN2O7S/c1-32-16-6-9-21(33-2)20(12-16)28(14-24(29)27-19-8-5-15(25)11-18(19)26)36(30,31)17-7-10-22(34-3)23(13-17)35-4/h5-13H,14H2,1-4H3,(H,27,29). The van der Waals surface area contributed by atoms with E-state index in [9.17, 15) is 17.6 Å². The highest BCUT2D eigenvalue weighted by Crippen LogP contribution is 2.37. The van der Waals surface area contributed by atoms with Crippen molar-refractivity contribution in [3.8, 4) is 23.0 Å². The fourth-order valence-corrected chi connectivity index (χ4v) is 5.08. The van der Waals surface area contributed by atoms with Gasteiger partial charge in [-0.3, -0.25) is 9.10 Å². The second-order valence-corrected chi connectivity index (χ2v) is 10.0. The van der Waals surface area contributed by atoms with Gasteiger partial charge in [0.15, 0.2) is 11.5 Å². The third-order valence-corrected chi connectivity index (χ3v) is 7.34. The quantitative estimate of drug-likeness (QED) is 0.376. The van der Waals surface area contributed by atoms with Crippen LogP contribution in [0.15, 0.2) is 64.0 Å². The number of carbonyl (C=O) groups is 1. The minimum absolute atomic E-state index is 0.0399. The fourth-order valence-electron chi connectivity index (χ4n) is 3.31. The van der Waals surface area contributed by atoms with Crippen LogP contribution in [-0.4, -0.2) is 49.3 Å². The minimum atomic E-state index is -4.37. The summed E-state index contributed by atoms with van der Waals surface area (Å²) >= 11 is 3.15. The van der Waals surface area contributed by atoms with Gasteiger partial charge in [0.25, 0.3) is 10.0 Å². The van der Waals surface area contributed by atoms with Gasteiger partial charge in [0.1, 0.15) is 23.9 Å². The van der Waals surface area contributed by atoms with Gasteiger partial charge in [-0.2, -0.15) is 0 Å². The summed E-state index contributed by atoms with van der Waals surface area (Å²) in [6, 6.07) is 12.6. The lowest BCUT2D eigenvalue weighted by Crippen LogP contribution is -2.38. The Labute approximate surface area is 216 Å². The normalized spacial score (nSPS) is 10.9. The molecule has 0 unspecified atom stereocenters. The molecule has 0 spiro atoms. The number of rotatable bonds is 10. The van der Waals surface area contributed by atoms with Crippen molar-refractivity contribution in [2.24, 2.45) is 0 Å². The molecule has 0 aromatic heterocycles. The van der Waals surface area contributed by atoms with Crippen LogP contribution in [-0.2, 0) is 14.8 Å². The van der Waals surface area contributed by atoms with Gasteiger partial charge >= 0.3 is 0 Å². The second-order valence-electron chi connectivity index (χ2n) is 7.24. The highest BCUT2D eigenvalue weighted by Gasteiger charge is 2.31. The van der Waals surface area contributed by atoms with E-state index in [0.29, 0.717) is 16.0 Å². The Morgan fingerprint density at radius 3 is 2.17 bits per heavy atom. The lowest BCUT2D eigenvalue weighted by atomic mass is 10.2. The van der Waals surface area contributed by atoms with E-state index < -0.39 is 28.3 Å². The number of nitrogens with zero attached hydrogens (tertiary/aromatic N) is 1. The zero-order valence-corrected chi connectivity index (χ0v) is 22.3. The smallest absolute Gasteiger partial charge is 0.265 e. The van der Waals surface area contributed by atoms with Gasteiger partial charge in [-0.1, -0.05) is 15.9 Å². The molecule has 0 aliphatic heterocycles. The Balaban J connectivity index is 2.10. The largest absolute Gasteiger partial charge is 0.497 e. The zero-order valence-electron chi connectivity index (χ0n) is 19.9. The minimum Gasteiger partial charge on any atom is -0.497 e. The molecule has 0 bridgehead atoms. The molecule has 0 fully saturated rings. The highest BCUT2D eigenvalue weighted by molar-refractivity contribution is 9.10. The van der Waals surface area contributed by atoms with E-state index in [4.69, 9.17) is 18.9 Å². The molecule has 0 atom stereocenters. The van der Waals surface area contributed by atoms with Crippen LogP contribution in [0.4, 0.5) is 15.8 Å². The average molecular weight is 583 g/mol. The van der Waals surface area contributed by atoms with Gasteiger partial charge < -0.3 is 24.3 Å². The molecule has 0 saturated carbocycles. The maximum absolute atomic E-state index is 14.3. The Morgan fingerprint density at radius 2 is 1.56 bits per heavy atom. The van der Waals surface area contributed by atoms with Gasteiger partial charge in [0.2, 0.25) is 5.91 Å². The maximum atomic E-state index is 14.3. The van der Waals surface area contributed by atoms with Crippen molar-refractivity contribution in [2.45, 2.75) is 4.90 Å². The van der Waals surface area contributed by atoms with Crippen LogP contribution < -0.4 is 28.6 Å². The van der Waals surface area contributed by atoms with Crippen LogP contribution >= 0.6 is 15.9 Å². The summed E-state index contributed by atoms with van der Waals surface area (Å²) in [4.78, 5) is 12.8. The van der Waals surface area contributed by atoms with E-state index in [2.05, 4.69) is 21.2 Å². The predicted molar refractivity (Wildman–Crippen MR) is 136 cm³/mol. The van der Waals surface area contributed by atoms with E-state index in [-0.39, 0.29) is 27.8 Å². The van der Waals surface area contributed by atoms with Crippen molar-refractivity contribution in [2.75, 3.05) is 44.6 Å². The summed E-state index contributed by atoms with van der Waals surface area (Å²) in [5.74, 6) is -0.473. The topological polar surface area (TPSA) is 103 Å². The fraction of sp³-hybridized carbons (Fsp3) is 0.208. The number of hydrogen-bond acceptors (Lipinski definition) is 7. The number of nitrogens with one attached hydrogen (secondary N) is 1. The first-order chi connectivity index (χ1) is 17.1. The summed E-state index contributed by atoms with van der Waals surface area (Å²) in [6.45, 7) is -0.699. The molecule has 3 aromatic rings. The van der Waals surface area contributed by atoms with Gasteiger partial charge in [-0.15, -0.1) is 0 Å². The first-order valence-electron chi connectivity index (χ1n) is 10.4. The number of benzene rings is 3. The number of hydrogen-bond donors (Lipinski definition) is 1. The molecule has 36 heavy (non-hydrogen) atoms. The number of carbonyl (C=O) groups excluding carboxylic acids is 1. The van der Waals surface area contributed by atoms with Gasteiger partial charge in [-0.05, 0) is 42.5 Å².